The molecule has 0 fully saturated rings. The molecule has 0 aliphatic carbocycles. The third-order valence-corrected chi connectivity index (χ3v) is 9.47. The third kappa shape index (κ3) is 9.25. The smallest absolute Gasteiger partial charge is 0.470 e. The lowest BCUT2D eigenvalue weighted by Crippen LogP contribution is -2.60. The molecule has 0 saturated heterocycles. The molecule has 0 spiro atoms. The predicted molar refractivity (Wildman–Crippen MR) is 191 cm³/mol. The standard InChI is InChI=1S/C38H33F6N6O5P/c39-30-14-17-32(33(40)19-30)37(55-56(51,52)53,36(50-25-45-24-47-50,20-28-7-3-1-4-8-28)21-29-9-5-2-6-10-29)22-49-26-46-34(48-49)18-13-27-11-15-31(16-12-27)54-23-38(43,44)35(41)42/h1-19,24-26,35H,20-23H2,(H2,51,52,53)/b18-13+. The monoisotopic (exact) mass is 798 g/mol. The number of alkyl halides is 4. The number of rotatable bonds is 17. The number of phosphoric ester groups is 1. The Morgan fingerprint density at radius 1 is 0.839 bits per heavy atom. The van der Waals surface area contributed by atoms with Gasteiger partial charge in [0.05, 0.1) is 6.54 Å². The maximum Gasteiger partial charge on any atom is 0.470 e. The van der Waals surface area contributed by atoms with Crippen LogP contribution >= 0.6 is 7.82 Å². The summed E-state index contributed by atoms with van der Waals surface area (Å²) in [5.74, 6) is -6.44. The van der Waals surface area contributed by atoms with Crippen LogP contribution < -0.4 is 4.74 Å². The molecule has 0 bridgehead atoms. The fraction of sp³-hybridized carbons (Fsp3) is 0.211. The van der Waals surface area contributed by atoms with Crippen LogP contribution in [0.4, 0.5) is 26.3 Å². The van der Waals surface area contributed by atoms with Crippen molar-refractivity contribution >= 4 is 20.0 Å². The molecule has 0 aliphatic rings. The average molecular weight is 799 g/mol. The van der Waals surface area contributed by atoms with Gasteiger partial charge in [0.1, 0.15) is 41.9 Å². The van der Waals surface area contributed by atoms with Crippen molar-refractivity contribution in [1.82, 2.24) is 29.5 Å². The van der Waals surface area contributed by atoms with Crippen LogP contribution in [0.2, 0.25) is 0 Å². The van der Waals surface area contributed by atoms with Crippen LogP contribution in [0.1, 0.15) is 28.1 Å². The van der Waals surface area contributed by atoms with Crippen LogP contribution in [-0.4, -0.2) is 58.3 Å². The number of nitrogens with zero attached hydrogens (tertiary/aromatic N) is 6. The van der Waals surface area contributed by atoms with E-state index in [2.05, 4.69) is 20.2 Å². The normalized spacial score (nSPS) is 13.7. The van der Waals surface area contributed by atoms with E-state index in [4.69, 9.17) is 9.26 Å². The number of halogens is 6. The molecule has 1 atom stereocenters. The zero-order valence-electron chi connectivity index (χ0n) is 29.1. The molecule has 11 nitrogen and oxygen atoms in total. The van der Waals surface area contributed by atoms with Crippen LogP contribution in [0.5, 0.6) is 5.75 Å². The van der Waals surface area contributed by atoms with E-state index in [1.54, 1.807) is 66.7 Å². The van der Waals surface area contributed by atoms with Crippen molar-refractivity contribution in [3.8, 4) is 5.75 Å². The fourth-order valence-electron chi connectivity index (χ4n) is 6.44. The summed E-state index contributed by atoms with van der Waals surface area (Å²) in [6.45, 7) is -2.12. The second-order valence-electron chi connectivity index (χ2n) is 12.8. The lowest BCUT2D eigenvalue weighted by molar-refractivity contribution is -0.148. The SMILES string of the molecule is O=P(O)(O)OC(Cn1cnc(/C=C/c2ccc(OCC(F)(F)C(F)F)cc2)n1)(c1ccc(F)cc1F)C(Cc1ccccc1)(Cc1ccccc1)n1cncn1. The molecule has 292 valence electrons. The Labute approximate surface area is 316 Å². The van der Waals surface area contributed by atoms with Crippen LogP contribution in [0, 0.1) is 11.6 Å². The Hall–Kier alpha value is -5.61. The number of phosphoric acid groups is 1. The van der Waals surface area contributed by atoms with Crippen LogP contribution in [-0.2, 0) is 39.6 Å². The van der Waals surface area contributed by atoms with Crippen molar-refractivity contribution in [3.05, 3.63) is 162 Å². The molecule has 6 rings (SSSR count). The summed E-state index contributed by atoms with van der Waals surface area (Å²) in [5, 5.41) is 8.91. The van der Waals surface area contributed by atoms with E-state index in [9.17, 15) is 36.3 Å². The minimum atomic E-state index is -5.59. The molecule has 2 N–H and O–H groups in total. The van der Waals surface area contributed by atoms with E-state index < -0.39 is 61.7 Å². The summed E-state index contributed by atoms with van der Waals surface area (Å²) in [7, 11) is -5.59. The maximum absolute atomic E-state index is 16.4. The Morgan fingerprint density at radius 2 is 1.48 bits per heavy atom. The van der Waals surface area contributed by atoms with Crippen molar-refractivity contribution in [2.45, 2.75) is 42.9 Å². The van der Waals surface area contributed by atoms with E-state index in [1.165, 1.54) is 58.7 Å². The first-order chi connectivity index (χ1) is 26.7. The first kappa shape index (κ1) is 40.1. The molecule has 0 radical (unpaired) electrons. The zero-order valence-corrected chi connectivity index (χ0v) is 30.0. The van der Waals surface area contributed by atoms with Gasteiger partial charge in [0.2, 0.25) is 0 Å². The molecular weight excluding hydrogens is 765 g/mol. The first-order valence-corrected chi connectivity index (χ1v) is 18.3. The van der Waals surface area contributed by atoms with E-state index >= 15 is 4.39 Å². The molecule has 18 heteroatoms. The highest BCUT2D eigenvalue weighted by atomic mass is 31.2. The Morgan fingerprint density at radius 3 is 2.04 bits per heavy atom. The van der Waals surface area contributed by atoms with Gasteiger partial charge in [-0.15, -0.1) is 0 Å². The van der Waals surface area contributed by atoms with Gasteiger partial charge in [-0.1, -0.05) is 84.9 Å². The molecule has 56 heavy (non-hydrogen) atoms. The second kappa shape index (κ2) is 16.6. The van der Waals surface area contributed by atoms with Gasteiger partial charge in [0, 0.05) is 24.5 Å². The fourth-order valence-corrected chi connectivity index (χ4v) is 7.17. The molecular formula is C38H33F6N6O5P. The number of ether oxygens (including phenoxy) is 1. The summed E-state index contributed by atoms with van der Waals surface area (Å²) in [6.07, 6.45) is 2.72. The highest BCUT2D eigenvalue weighted by Crippen LogP contribution is 2.56. The molecule has 1 unspecified atom stereocenters. The van der Waals surface area contributed by atoms with Gasteiger partial charge in [-0.2, -0.15) is 19.0 Å². The summed E-state index contributed by atoms with van der Waals surface area (Å²) in [4.78, 5) is 29.8. The Balaban J connectivity index is 1.47. The second-order valence-corrected chi connectivity index (χ2v) is 13.9. The van der Waals surface area contributed by atoms with Crippen LogP contribution in [0.3, 0.4) is 0 Å². The lowest BCUT2D eigenvalue weighted by atomic mass is 9.68. The minimum Gasteiger partial charge on any atom is -0.487 e. The summed E-state index contributed by atoms with van der Waals surface area (Å²) < 4.78 is 109. The highest BCUT2D eigenvalue weighted by Gasteiger charge is 2.60. The van der Waals surface area contributed by atoms with E-state index in [-0.39, 0.29) is 24.4 Å². The number of benzene rings is 4. The van der Waals surface area contributed by atoms with Gasteiger partial charge < -0.3 is 14.5 Å². The number of hydrogen-bond acceptors (Lipinski definition) is 7. The Bertz CT molecular complexity index is 2230. The summed E-state index contributed by atoms with van der Waals surface area (Å²) in [5.41, 5.74) is -2.86. The predicted octanol–water partition coefficient (Wildman–Crippen LogP) is 7.48. The quantitative estimate of drug-likeness (QED) is 0.0711. The largest absolute Gasteiger partial charge is 0.487 e. The van der Waals surface area contributed by atoms with E-state index in [0.29, 0.717) is 22.8 Å². The molecule has 0 amide bonds. The van der Waals surface area contributed by atoms with E-state index in [0.717, 1.165) is 12.1 Å². The van der Waals surface area contributed by atoms with Gasteiger partial charge in [0.25, 0.3) is 0 Å². The van der Waals surface area contributed by atoms with Gasteiger partial charge >= 0.3 is 20.2 Å². The molecule has 0 aliphatic heterocycles. The van der Waals surface area contributed by atoms with Gasteiger partial charge in [-0.25, -0.2) is 41.5 Å². The van der Waals surface area contributed by atoms with Crippen molar-refractivity contribution in [2.24, 2.45) is 0 Å². The molecule has 0 saturated carbocycles. The number of hydrogen-bond donors (Lipinski definition) is 2. The topological polar surface area (TPSA) is 137 Å². The molecule has 2 heterocycles. The van der Waals surface area contributed by atoms with Gasteiger partial charge in [-0.3, -0.25) is 4.52 Å². The zero-order chi connectivity index (χ0) is 40.0. The van der Waals surface area contributed by atoms with Gasteiger partial charge in [0.15, 0.2) is 18.0 Å². The minimum absolute atomic E-state index is 0.0684. The average Bonchev–Trinajstić information content (AvgIpc) is 3.87. The van der Waals surface area contributed by atoms with Crippen molar-refractivity contribution in [2.75, 3.05) is 6.61 Å². The van der Waals surface area contributed by atoms with Crippen LogP contribution in [0.25, 0.3) is 12.2 Å². The molecule has 2 aromatic heterocycles. The van der Waals surface area contributed by atoms with Crippen molar-refractivity contribution < 1.29 is 50.0 Å². The van der Waals surface area contributed by atoms with E-state index in [1.807, 2.05) is 0 Å². The van der Waals surface area contributed by atoms with Gasteiger partial charge in [-0.05, 0) is 41.0 Å². The molecule has 4 aromatic carbocycles. The third-order valence-electron chi connectivity index (χ3n) is 8.92. The van der Waals surface area contributed by atoms with Crippen molar-refractivity contribution in [3.63, 3.8) is 0 Å². The van der Waals surface area contributed by atoms with Crippen molar-refractivity contribution in [1.29, 1.82) is 0 Å². The highest BCUT2D eigenvalue weighted by molar-refractivity contribution is 7.46. The van der Waals surface area contributed by atoms with Crippen LogP contribution in [0.15, 0.2) is 122 Å². The summed E-state index contributed by atoms with van der Waals surface area (Å²) in [6, 6.07) is 25.8. The molecule has 6 aromatic rings. The maximum atomic E-state index is 16.4. The number of aromatic nitrogens is 6. The Kier molecular flexibility index (Phi) is 11.9. The lowest BCUT2D eigenvalue weighted by Gasteiger charge is -2.50. The first-order valence-electron chi connectivity index (χ1n) is 16.8. The summed E-state index contributed by atoms with van der Waals surface area (Å²) >= 11 is 0.